The van der Waals surface area contributed by atoms with Gasteiger partial charge in [-0.2, -0.15) is 4.98 Å². The SMILES string of the molecule is [3H]OCCC[C@H]1C[C@H](CCO)[C@H]2Oc3nc(C)nc(C)c3N=C12. The highest BCUT2D eigenvalue weighted by Gasteiger charge is 2.44. The number of aromatic nitrogens is 2. The molecule has 120 valence electrons. The molecule has 0 saturated heterocycles. The summed E-state index contributed by atoms with van der Waals surface area (Å²) in [6.07, 6.45) is 3.28. The summed E-state index contributed by atoms with van der Waals surface area (Å²) in [6, 6.07) is 0. The number of aryl methyl sites for hydroxylation is 2. The van der Waals surface area contributed by atoms with Crippen LogP contribution >= 0.6 is 0 Å². The normalized spacial score (nSPS) is 26.8. The first-order valence-corrected chi connectivity index (χ1v) is 7.93. The minimum atomic E-state index is -0.106. The van der Waals surface area contributed by atoms with E-state index in [1.54, 1.807) is 0 Å². The first-order valence-electron chi connectivity index (χ1n) is 8.34. The predicted octanol–water partition coefficient (Wildman–Crippen LogP) is 1.72. The van der Waals surface area contributed by atoms with E-state index in [0.717, 1.165) is 36.4 Å². The van der Waals surface area contributed by atoms with Gasteiger partial charge in [-0.05, 0) is 39.5 Å². The first kappa shape index (κ1) is 14.1. The van der Waals surface area contributed by atoms with Crippen molar-refractivity contribution in [2.24, 2.45) is 16.8 Å². The molecule has 6 heteroatoms. The van der Waals surface area contributed by atoms with Gasteiger partial charge in [0.1, 0.15) is 17.6 Å². The Morgan fingerprint density at radius 1 is 1.27 bits per heavy atom. The molecule has 0 amide bonds. The van der Waals surface area contributed by atoms with Crippen LogP contribution in [0.15, 0.2) is 4.99 Å². The average Bonchev–Trinajstić information content (AvgIpc) is 2.84. The zero-order chi connectivity index (χ0) is 16.4. The third-order valence-corrected chi connectivity index (χ3v) is 4.54. The number of aliphatic imine (C=N–C) groups is 1. The van der Waals surface area contributed by atoms with Crippen LogP contribution in [0, 0.1) is 25.7 Å². The largest absolute Gasteiger partial charge is 0.466 e. The summed E-state index contributed by atoms with van der Waals surface area (Å²) >= 11 is 0. The van der Waals surface area contributed by atoms with Gasteiger partial charge in [0.2, 0.25) is 7.31 Å². The second-order valence-corrected chi connectivity index (χ2v) is 6.14. The van der Waals surface area contributed by atoms with E-state index in [1.165, 1.54) is 0 Å². The molecule has 0 radical (unpaired) electrons. The van der Waals surface area contributed by atoms with Crippen LogP contribution in [-0.4, -0.2) is 46.6 Å². The van der Waals surface area contributed by atoms with Gasteiger partial charge in [-0.3, -0.25) is 0 Å². The number of hydrogen-bond donors (Lipinski definition) is 2. The monoisotopic (exact) mass is 307 g/mol. The van der Waals surface area contributed by atoms with Crippen LogP contribution in [0.3, 0.4) is 0 Å². The van der Waals surface area contributed by atoms with Gasteiger partial charge in [-0.25, -0.2) is 9.98 Å². The van der Waals surface area contributed by atoms with Crippen molar-refractivity contribution >= 4 is 11.4 Å². The Balaban J connectivity index is 1.90. The summed E-state index contributed by atoms with van der Waals surface area (Å²) in [4.78, 5) is 13.6. The molecular formula is C16H23N3O3. The fourth-order valence-corrected chi connectivity index (χ4v) is 3.56. The van der Waals surface area contributed by atoms with Crippen LogP contribution < -0.4 is 4.74 Å². The van der Waals surface area contributed by atoms with Crippen molar-refractivity contribution < 1.29 is 15.0 Å². The third-order valence-electron chi connectivity index (χ3n) is 4.54. The molecule has 1 aromatic rings. The maximum Gasteiger partial charge on any atom is 0.244 e. The standard InChI is InChI=1S/C16H23N3O3/c1-9-13-16(18-10(2)17-9)22-15-12(5-7-21)8-11(4-3-6-20)14(15)19-13/h11-12,15,20-21H,3-8H2,1-2H3/t11-,12-,15+/m0/s1/i20T. The van der Waals surface area contributed by atoms with E-state index in [0.29, 0.717) is 30.7 Å². The van der Waals surface area contributed by atoms with Crippen LogP contribution in [0.4, 0.5) is 5.69 Å². The lowest BCUT2D eigenvalue weighted by molar-refractivity contribution is 0.162. The summed E-state index contributed by atoms with van der Waals surface area (Å²) in [5.41, 5.74) is 2.60. The number of hydrogen-bond acceptors (Lipinski definition) is 6. The van der Waals surface area contributed by atoms with Gasteiger partial charge in [0.25, 0.3) is 0 Å². The Morgan fingerprint density at radius 2 is 2.14 bits per heavy atom. The van der Waals surface area contributed by atoms with Gasteiger partial charge in [0, 0.05) is 25.0 Å². The number of fused-ring (bicyclic) bond motifs is 2. The second kappa shape index (κ2) is 6.30. The van der Waals surface area contributed by atoms with Crippen molar-refractivity contribution in [2.75, 3.05) is 13.2 Å². The molecular weight excluding hydrogens is 282 g/mol. The maximum absolute atomic E-state index is 9.33. The first-order chi connectivity index (χ1) is 11.1. The molecule has 1 fully saturated rings. The summed E-state index contributed by atoms with van der Waals surface area (Å²) in [6.45, 7) is 4.34. The molecule has 0 bridgehead atoms. The molecule has 1 saturated carbocycles. The molecule has 3 rings (SSSR count). The summed E-state index contributed by atoms with van der Waals surface area (Å²) in [5.74, 6) is 1.80. The quantitative estimate of drug-likeness (QED) is 0.781. The lowest BCUT2D eigenvalue weighted by atomic mass is 9.98. The lowest BCUT2D eigenvalue weighted by Crippen LogP contribution is -2.33. The smallest absolute Gasteiger partial charge is 0.244 e. The Kier molecular flexibility index (Phi) is 4.03. The van der Waals surface area contributed by atoms with Gasteiger partial charge in [-0.1, -0.05) is 0 Å². The highest BCUT2D eigenvalue weighted by molar-refractivity contribution is 5.97. The van der Waals surface area contributed by atoms with Gasteiger partial charge < -0.3 is 15.0 Å². The molecule has 1 aliphatic heterocycles. The number of aliphatic hydroxyl groups excluding tert-OH is 2. The molecule has 1 aromatic heterocycles. The minimum absolute atomic E-state index is 0.106. The van der Waals surface area contributed by atoms with Crippen LogP contribution in [-0.2, 0) is 0 Å². The van der Waals surface area contributed by atoms with Crippen LogP contribution in [0.5, 0.6) is 5.88 Å². The van der Waals surface area contributed by atoms with Crippen molar-refractivity contribution in [3.05, 3.63) is 11.5 Å². The molecule has 0 aromatic carbocycles. The van der Waals surface area contributed by atoms with E-state index in [4.69, 9.17) is 11.2 Å². The zero-order valence-electron chi connectivity index (χ0n) is 14.1. The molecule has 2 heterocycles. The van der Waals surface area contributed by atoms with Crippen LogP contribution in [0.1, 0.15) is 37.2 Å². The Labute approximate surface area is 131 Å². The number of rotatable bonds is 6. The maximum atomic E-state index is 9.33. The Bertz CT molecular complexity index is 608. The van der Waals surface area contributed by atoms with E-state index < -0.39 is 0 Å². The molecule has 6 nitrogen and oxygen atoms in total. The fourth-order valence-electron chi connectivity index (χ4n) is 3.56. The summed E-state index contributed by atoms with van der Waals surface area (Å²) in [5, 5.41) is 13.8. The molecule has 0 unspecified atom stereocenters. The van der Waals surface area contributed by atoms with Crippen molar-refractivity contribution in [3.63, 3.8) is 0 Å². The topological polar surface area (TPSA) is 87.8 Å². The zero-order valence-corrected chi connectivity index (χ0v) is 13.1. The molecule has 22 heavy (non-hydrogen) atoms. The van der Waals surface area contributed by atoms with Crippen LogP contribution in [0.25, 0.3) is 0 Å². The van der Waals surface area contributed by atoms with Crippen LogP contribution in [0.2, 0.25) is 0 Å². The lowest BCUT2D eigenvalue weighted by Gasteiger charge is -2.26. The molecule has 2 N–H and O–H groups in total. The van der Waals surface area contributed by atoms with Crippen molar-refractivity contribution in [3.8, 4) is 5.88 Å². The number of nitrogens with zero attached hydrogens (tertiary/aromatic N) is 3. The minimum Gasteiger partial charge on any atom is -0.466 e. The van der Waals surface area contributed by atoms with Gasteiger partial charge in [0.05, 0.1) is 11.4 Å². The molecule has 2 aliphatic rings. The molecule has 0 spiro atoms. The van der Waals surface area contributed by atoms with Crippen molar-refractivity contribution in [1.29, 1.82) is 1.43 Å². The highest BCUT2D eigenvalue weighted by Crippen LogP contribution is 2.43. The van der Waals surface area contributed by atoms with E-state index in [1.807, 2.05) is 13.8 Å². The van der Waals surface area contributed by atoms with Gasteiger partial charge in [0.15, 0.2) is 0 Å². The Hall–Kier alpha value is -1.53. The van der Waals surface area contributed by atoms with Gasteiger partial charge in [-0.15, -0.1) is 0 Å². The second-order valence-electron chi connectivity index (χ2n) is 6.14. The van der Waals surface area contributed by atoms with E-state index in [9.17, 15) is 5.11 Å². The summed E-state index contributed by atoms with van der Waals surface area (Å²) < 4.78 is 13.0. The van der Waals surface area contributed by atoms with E-state index >= 15 is 0 Å². The van der Waals surface area contributed by atoms with Crippen molar-refractivity contribution in [1.82, 2.24) is 9.97 Å². The molecule has 3 atom stereocenters. The average molecular weight is 307 g/mol. The fraction of sp³-hybridized carbons (Fsp3) is 0.688. The highest BCUT2D eigenvalue weighted by atomic mass is 16.5. The molecule has 1 aliphatic carbocycles. The van der Waals surface area contributed by atoms with E-state index in [-0.39, 0.29) is 18.6 Å². The van der Waals surface area contributed by atoms with Crippen molar-refractivity contribution in [2.45, 2.75) is 45.6 Å². The predicted molar refractivity (Wildman–Crippen MR) is 82.6 cm³/mol. The van der Waals surface area contributed by atoms with Gasteiger partial charge >= 0.3 is 0 Å². The third kappa shape index (κ3) is 2.73. The number of aliphatic hydroxyl groups is 2. The number of ether oxygens (including phenoxy) is 1. The van der Waals surface area contributed by atoms with E-state index in [2.05, 4.69) is 15.1 Å². The Morgan fingerprint density at radius 3 is 2.91 bits per heavy atom. The summed E-state index contributed by atoms with van der Waals surface area (Å²) in [7, 11) is 0.